The fraction of sp³-hybridized carbons (Fsp3) is 0.345. The van der Waals surface area contributed by atoms with Gasteiger partial charge in [-0.25, -0.2) is 0 Å². The van der Waals surface area contributed by atoms with Crippen molar-refractivity contribution in [1.29, 1.82) is 5.26 Å². The molecule has 202 valence electrons. The average molecular weight is 536 g/mol. The Kier molecular flexibility index (Phi) is 7.55. The highest BCUT2D eigenvalue weighted by Gasteiger charge is 2.32. The maximum Gasteiger partial charge on any atom is 0.573 e. The van der Waals surface area contributed by atoms with E-state index in [4.69, 9.17) is 5.26 Å². The SMILES string of the molecule is Cc1cc(CN2CCN(Cc3ccc(C#N)cn3)CC2)cc2c1C(=O)N(Cc1ccc(OC(F)(F)F)cc1)C2. The van der Waals surface area contributed by atoms with Gasteiger partial charge < -0.3 is 9.64 Å². The highest BCUT2D eigenvalue weighted by Crippen LogP contribution is 2.30. The quantitative estimate of drug-likeness (QED) is 0.439. The monoisotopic (exact) mass is 535 g/mol. The third kappa shape index (κ3) is 6.56. The number of rotatable bonds is 7. The molecule has 1 saturated heterocycles. The first-order valence-electron chi connectivity index (χ1n) is 12.7. The van der Waals surface area contributed by atoms with E-state index in [1.807, 2.05) is 13.0 Å². The van der Waals surface area contributed by atoms with Gasteiger partial charge in [-0.1, -0.05) is 24.3 Å². The molecule has 2 aliphatic rings. The van der Waals surface area contributed by atoms with Crippen LogP contribution in [-0.2, 0) is 26.2 Å². The van der Waals surface area contributed by atoms with Crippen LogP contribution in [0.15, 0.2) is 54.7 Å². The molecule has 0 spiro atoms. The van der Waals surface area contributed by atoms with Gasteiger partial charge in [0.2, 0.25) is 0 Å². The summed E-state index contributed by atoms with van der Waals surface area (Å²) in [6.45, 7) is 7.97. The van der Waals surface area contributed by atoms with Crippen molar-refractivity contribution < 1.29 is 22.7 Å². The number of halogens is 3. The van der Waals surface area contributed by atoms with Crippen LogP contribution in [0.4, 0.5) is 13.2 Å². The van der Waals surface area contributed by atoms with Crippen molar-refractivity contribution in [3.05, 3.63) is 93.8 Å². The van der Waals surface area contributed by atoms with Crippen LogP contribution in [-0.4, -0.2) is 58.1 Å². The van der Waals surface area contributed by atoms with E-state index in [-0.39, 0.29) is 11.7 Å². The first-order chi connectivity index (χ1) is 18.7. The summed E-state index contributed by atoms with van der Waals surface area (Å²) >= 11 is 0. The van der Waals surface area contributed by atoms with Gasteiger partial charge in [0.1, 0.15) is 11.8 Å². The van der Waals surface area contributed by atoms with Crippen molar-refractivity contribution in [1.82, 2.24) is 19.7 Å². The standard InChI is InChI=1S/C29H28F3N5O2/c1-20-12-23(16-35-8-10-36(11-9-35)19-25-5-2-22(14-33)15-34-25)13-24-18-37(28(38)27(20)24)17-21-3-6-26(7-4-21)39-29(30,31)32/h2-7,12-13,15H,8-11,16-19H2,1H3. The number of pyridine rings is 1. The summed E-state index contributed by atoms with van der Waals surface area (Å²) in [5.74, 6) is -0.343. The Labute approximate surface area is 225 Å². The molecule has 2 aromatic carbocycles. The third-order valence-corrected chi connectivity index (χ3v) is 7.08. The number of hydrogen-bond acceptors (Lipinski definition) is 6. The minimum atomic E-state index is -4.74. The van der Waals surface area contributed by atoms with E-state index in [1.165, 1.54) is 12.1 Å². The molecule has 0 aliphatic carbocycles. The fourth-order valence-electron chi connectivity index (χ4n) is 5.22. The lowest BCUT2D eigenvalue weighted by molar-refractivity contribution is -0.274. The van der Waals surface area contributed by atoms with Gasteiger partial charge in [0.05, 0.1) is 11.3 Å². The van der Waals surface area contributed by atoms with Crippen molar-refractivity contribution in [3.8, 4) is 11.8 Å². The van der Waals surface area contributed by atoms with E-state index < -0.39 is 6.36 Å². The van der Waals surface area contributed by atoms with E-state index in [0.717, 1.165) is 72.8 Å². The fourth-order valence-corrected chi connectivity index (χ4v) is 5.22. The Bertz CT molecular complexity index is 1380. The number of nitriles is 1. The van der Waals surface area contributed by atoms with Gasteiger partial charge in [-0.15, -0.1) is 13.2 Å². The Morgan fingerprint density at radius 2 is 1.64 bits per heavy atom. The number of alkyl halides is 3. The second-order valence-corrected chi connectivity index (χ2v) is 10.0. The van der Waals surface area contributed by atoms with E-state index in [0.29, 0.717) is 18.7 Å². The number of carbonyl (C=O) groups is 1. The molecule has 0 atom stereocenters. The summed E-state index contributed by atoms with van der Waals surface area (Å²) < 4.78 is 41.2. The molecule has 0 N–H and O–H groups in total. The zero-order chi connectivity index (χ0) is 27.6. The summed E-state index contributed by atoms with van der Waals surface area (Å²) in [6.07, 6.45) is -3.13. The lowest BCUT2D eigenvalue weighted by Crippen LogP contribution is -2.45. The van der Waals surface area contributed by atoms with Crippen LogP contribution >= 0.6 is 0 Å². The van der Waals surface area contributed by atoms with E-state index >= 15 is 0 Å². The Balaban J connectivity index is 1.16. The largest absolute Gasteiger partial charge is 0.573 e. The van der Waals surface area contributed by atoms with E-state index in [2.05, 4.69) is 37.7 Å². The molecule has 1 amide bonds. The normalized spacial score (nSPS) is 16.3. The number of amides is 1. The summed E-state index contributed by atoms with van der Waals surface area (Å²) in [5.41, 5.74) is 6.06. The molecule has 1 fully saturated rings. The molecule has 39 heavy (non-hydrogen) atoms. The van der Waals surface area contributed by atoms with Crippen LogP contribution in [0.5, 0.6) is 5.75 Å². The maximum absolute atomic E-state index is 13.1. The zero-order valence-corrected chi connectivity index (χ0v) is 21.5. The number of piperazine rings is 1. The molecule has 5 rings (SSSR count). The topological polar surface area (TPSA) is 72.7 Å². The molecule has 1 aromatic heterocycles. The van der Waals surface area contributed by atoms with Gasteiger partial charge in [0.15, 0.2) is 0 Å². The zero-order valence-electron chi connectivity index (χ0n) is 21.5. The van der Waals surface area contributed by atoms with Crippen molar-refractivity contribution in [2.75, 3.05) is 26.2 Å². The van der Waals surface area contributed by atoms with Gasteiger partial charge in [-0.2, -0.15) is 5.26 Å². The second kappa shape index (κ2) is 11.0. The molecular formula is C29H28F3N5O2. The van der Waals surface area contributed by atoms with Crippen LogP contribution in [0.3, 0.4) is 0 Å². The van der Waals surface area contributed by atoms with Gasteiger partial charge in [-0.05, 0) is 53.4 Å². The predicted octanol–water partition coefficient (Wildman–Crippen LogP) is 4.63. The van der Waals surface area contributed by atoms with Crippen LogP contribution in [0.1, 0.15) is 43.9 Å². The van der Waals surface area contributed by atoms with Crippen molar-refractivity contribution in [3.63, 3.8) is 0 Å². The number of hydrogen-bond donors (Lipinski definition) is 0. The van der Waals surface area contributed by atoms with Gasteiger partial charge in [-0.3, -0.25) is 19.6 Å². The van der Waals surface area contributed by atoms with Gasteiger partial charge in [0.25, 0.3) is 5.91 Å². The van der Waals surface area contributed by atoms with Crippen molar-refractivity contribution in [2.45, 2.75) is 39.5 Å². The first-order valence-corrected chi connectivity index (χ1v) is 12.7. The minimum Gasteiger partial charge on any atom is -0.406 e. The molecule has 0 unspecified atom stereocenters. The highest BCUT2D eigenvalue weighted by molar-refractivity contribution is 5.99. The maximum atomic E-state index is 13.1. The van der Waals surface area contributed by atoms with Gasteiger partial charge in [0, 0.05) is 64.1 Å². The lowest BCUT2D eigenvalue weighted by Gasteiger charge is -2.34. The molecular weight excluding hydrogens is 507 g/mol. The second-order valence-electron chi connectivity index (χ2n) is 10.0. The number of aryl methyl sites for hydroxylation is 1. The van der Waals surface area contributed by atoms with Gasteiger partial charge >= 0.3 is 6.36 Å². The van der Waals surface area contributed by atoms with E-state index in [1.54, 1.807) is 29.3 Å². The summed E-state index contributed by atoms with van der Waals surface area (Å²) in [7, 11) is 0. The predicted molar refractivity (Wildman–Crippen MR) is 137 cm³/mol. The van der Waals surface area contributed by atoms with Crippen molar-refractivity contribution >= 4 is 5.91 Å². The minimum absolute atomic E-state index is 0.0605. The molecule has 7 nitrogen and oxygen atoms in total. The Morgan fingerprint density at radius 1 is 0.949 bits per heavy atom. The summed E-state index contributed by atoms with van der Waals surface area (Å²) in [6, 6.07) is 15.6. The molecule has 0 radical (unpaired) electrons. The molecule has 3 aromatic rings. The van der Waals surface area contributed by atoms with Crippen LogP contribution in [0.2, 0.25) is 0 Å². The Morgan fingerprint density at radius 3 is 2.26 bits per heavy atom. The molecule has 10 heteroatoms. The third-order valence-electron chi connectivity index (χ3n) is 7.08. The van der Waals surface area contributed by atoms with Crippen molar-refractivity contribution in [2.24, 2.45) is 0 Å². The molecule has 0 bridgehead atoms. The number of fused-ring (bicyclic) bond motifs is 1. The average Bonchev–Trinajstić information content (AvgIpc) is 3.21. The molecule has 0 saturated carbocycles. The highest BCUT2D eigenvalue weighted by atomic mass is 19.4. The number of carbonyl (C=O) groups excluding carboxylic acids is 1. The van der Waals surface area contributed by atoms with Crippen LogP contribution < -0.4 is 4.74 Å². The number of benzene rings is 2. The number of aromatic nitrogens is 1. The number of nitrogens with zero attached hydrogens (tertiary/aromatic N) is 5. The van der Waals surface area contributed by atoms with Crippen LogP contribution in [0.25, 0.3) is 0 Å². The molecule has 2 aliphatic heterocycles. The summed E-state index contributed by atoms with van der Waals surface area (Å²) in [5, 5.41) is 8.93. The molecule has 3 heterocycles. The number of ether oxygens (including phenoxy) is 1. The summed E-state index contributed by atoms with van der Waals surface area (Å²) in [4.78, 5) is 24.0. The Hall–Kier alpha value is -3.94. The first kappa shape index (κ1) is 26.7. The smallest absolute Gasteiger partial charge is 0.406 e. The lowest BCUT2D eigenvalue weighted by atomic mass is 10.00. The van der Waals surface area contributed by atoms with E-state index in [9.17, 15) is 18.0 Å². The van der Waals surface area contributed by atoms with Crippen LogP contribution in [0, 0.1) is 18.3 Å².